The molecule has 2 rings (SSSR count). The lowest BCUT2D eigenvalue weighted by Crippen LogP contribution is -1.93. The van der Waals surface area contributed by atoms with E-state index in [0.29, 0.717) is 11.3 Å². The van der Waals surface area contributed by atoms with Crippen molar-refractivity contribution in [1.29, 1.82) is 0 Å². The summed E-state index contributed by atoms with van der Waals surface area (Å²) in [5, 5.41) is 0. The van der Waals surface area contributed by atoms with Crippen LogP contribution in [-0.4, -0.2) is 13.4 Å². The summed E-state index contributed by atoms with van der Waals surface area (Å²) >= 11 is 0. The molecule has 2 aromatic rings. The summed E-state index contributed by atoms with van der Waals surface area (Å²) in [6, 6.07) is 13.7. The van der Waals surface area contributed by atoms with Gasteiger partial charge in [-0.1, -0.05) is 42.0 Å². The third-order valence-corrected chi connectivity index (χ3v) is 2.77. The summed E-state index contributed by atoms with van der Waals surface area (Å²) in [4.78, 5) is 11.2. The number of ether oxygens (including phenoxy) is 1. The van der Waals surface area contributed by atoms with Crippen molar-refractivity contribution in [2.45, 2.75) is 6.92 Å². The molecule has 0 saturated carbocycles. The fraction of sp³-hybridized carbons (Fsp3) is 0.133. The van der Waals surface area contributed by atoms with Crippen LogP contribution in [0.4, 0.5) is 0 Å². The van der Waals surface area contributed by atoms with E-state index in [4.69, 9.17) is 4.74 Å². The van der Waals surface area contributed by atoms with E-state index >= 15 is 0 Å². The fourth-order valence-corrected chi connectivity index (χ4v) is 1.83. The minimum Gasteiger partial charge on any atom is -0.496 e. The van der Waals surface area contributed by atoms with E-state index in [1.165, 1.54) is 5.56 Å². The maximum Gasteiger partial charge on any atom is 0.154 e. The first kappa shape index (κ1) is 11.4. The molecule has 2 nitrogen and oxygen atoms in total. The Hall–Kier alpha value is -2.09. The molecule has 0 aliphatic heterocycles. The number of aryl methyl sites for hydroxylation is 1. The second-order valence-electron chi connectivity index (χ2n) is 3.91. The molecule has 0 atom stereocenters. The number of hydrogen-bond acceptors (Lipinski definition) is 2. The maximum atomic E-state index is 11.2. The van der Waals surface area contributed by atoms with Crippen LogP contribution in [-0.2, 0) is 0 Å². The van der Waals surface area contributed by atoms with Crippen LogP contribution in [0.15, 0.2) is 42.5 Å². The Labute approximate surface area is 101 Å². The number of benzene rings is 2. The van der Waals surface area contributed by atoms with Crippen LogP contribution in [0.2, 0.25) is 0 Å². The van der Waals surface area contributed by atoms with Crippen LogP contribution in [0, 0.1) is 6.92 Å². The molecule has 0 amide bonds. The van der Waals surface area contributed by atoms with Gasteiger partial charge in [-0.15, -0.1) is 0 Å². The molecule has 0 spiro atoms. The third-order valence-electron chi connectivity index (χ3n) is 2.77. The largest absolute Gasteiger partial charge is 0.496 e. The van der Waals surface area contributed by atoms with Crippen molar-refractivity contribution < 1.29 is 9.53 Å². The predicted molar refractivity (Wildman–Crippen MR) is 68.6 cm³/mol. The van der Waals surface area contributed by atoms with Crippen molar-refractivity contribution in [3.05, 3.63) is 53.6 Å². The van der Waals surface area contributed by atoms with Gasteiger partial charge in [-0.25, -0.2) is 0 Å². The van der Waals surface area contributed by atoms with Gasteiger partial charge in [-0.2, -0.15) is 0 Å². The van der Waals surface area contributed by atoms with E-state index in [1.807, 2.05) is 43.3 Å². The van der Waals surface area contributed by atoms with Gasteiger partial charge < -0.3 is 4.74 Å². The maximum absolute atomic E-state index is 11.2. The van der Waals surface area contributed by atoms with E-state index in [1.54, 1.807) is 13.2 Å². The van der Waals surface area contributed by atoms with Crippen molar-refractivity contribution >= 4 is 6.29 Å². The van der Waals surface area contributed by atoms with Gasteiger partial charge in [-0.05, 0) is 24.1 Å². The first-order valence-corrected chi connectivity index (χ1v) is 5.45. The smallest absolute Gasteiger partial charge is 0.154 e. The van der Waals surface area contributed by atoms with Crippen molar-refractivity contribution in [3.63, 3.8) is 0 Å². The SMILES string of the molecule is COc1cccc(-c2ccc(C)cc2)c1C=O. The van der Waals surface area contributed by atoms with Crippen LogP contribution in [0.25, 0.3) is 11.1 Å². The van der Waals surface area contributed by atoms with Gasteiger partial charge in [-0.3, -0.25) is 4.79 Å². The first-order valence-electron chi connectivity index (χ1n) is 5.45. The second-order valence-corrected chi connectivity index (χ2v) is 3.91. The number of methoxy groups -OCH3 is 1. The van der Waals surface area contributed by atoms with Crippen LogP contribution in [0.1, 0.15) is 15.9 Å². The average molecular weight is 226 g/mol. The van der Waals surface area contributed by atoms with Crippen molar-refractivity contribution in [3.8, 4) is 16.9 Å². The van der Waals surface area contributed by atoms with Crippen LogP contribution in [0.3, 0.4) is 0 Å². The van der Waals surface area contributed by atoms with E-state index in [9.17, 15) is 4.79 Å². The molecule has 0 unspecified atom stereocenters. The van der Waals surface area contributed by atoms with Gasteiger partial charge in [0.15, 0.2) is 6.29 Å². The van der Waals surface area contributed by atoms with E-state index in [0.717, 1.165) is 17.4 Å². The van der Waals surface area contributed by atoms with Crippen molar-refractivity contribution in [2.75, 3.05) is 7.11 Å². The average Bonchev–Trinajstić information content (AvgIpc) is 2.38. The van der Waals surface area contributed by atoms with Gasteiger partial charge in [0.05, 0.1) is 12.7 Å². The van der Waals surface area contributed by atoms with E-state index < -0.39 is 0 Å². The first-order chi connectivity index (χ1) is 8.26. The molecule has 0 radical (unpaired) electrons. The molecule has 0 saturated heterocycles. The number of aldehydes is 1. The zero-order valence-corrected chi connectivity index (χ0v) is 9.94. The molecule has 0 aromatic heterocycles. The highest BCUT2D eigenvalue weighted by Crippen LogP contribution is 2.29. The Morgan fingerprint density at radius 2 is 1.76 bits per heavy atom. The summed E-state index contributed by atoms with van der Waals surface area (Å²) in [5.74, 6) is 0.609. The molecular formula is C15H14O2. The Kier molecular flexibility index (Phi) is 3.24. The lowest BCUT2D eigenvalue weighted by Gasteiger charge is -2.09. The summed E-state index contributed by atoms with van der Waals surface area (Å²) in [6.07, 6.45) is 0.841. The topological polar surface area (TPSA) is 26.3 Å². The highest BCUT2D eigenvalue weighted by Gasteiger charge is 2.09. The predicted octanol–water partition coefficient (Wildman–Crippen LogP) is 3.48. The number of carbonyl (C=O) groups is 1. The number of rotatable bonds is 3. The minimum absolute atomic E-state index is 0.596. The molecule has 0 aliphatic carbocycles. The van der Waals surface area contributed by atoms with Crippen LogP contribution >= 0.6 is 0 Å². The standard InChI is InChI=1S/C15H14O2/c1-11-6-8-12(9-7-11)13-4-3-5-15(17-2)14(13)10-16/h3-10H,1-2H3. The molecule has 2 heteroatoms. The molecular weight excluding hydrogens is 212 g/mol. The lowest BCUT2D eigenvalue weighted by molar-refractivity contribution is 0.112. The van der Waals surface area contributed by atoms with Gasteiger partial charge in [0.1, 0.15) is 5.75 Å². The Balaban J connectivity index is 2.58. The zero-order valence-electron chi connectivity index (χ0n) is 9.94. The summed E-state index contributed by atoms with van der Waals surface area (Å²) in [7, 11) is 1.57. The lowest BCUT2D eigenvalue weighted by atomic mass is 9.99. The van der Waals surface area contributed by atoms with Crippen LogP contribution in [0.5, 0.6) is 5.75 Å². The minimum atomic E-state index is 0.596. The Bertz CT molecular complexity index is 527. The summed E-state index contributed by atoms with van der Waals surface area (Å²) in [6.45, 7) is 2.04. The third kappa shape index (κ3) is 2.21. The zero-order chi connectivity index (χ0) is 12.3. The monoisotopic (exact) mass is 226 g/mol. The summed E-state index contributed by atoms with van der Waals surface area (Å²) < 4.78 is 5.19. The molecule has 17 heavy (non-hydrogen) atoms. The van der Waals surface area contributed by atoms with Gasteiger partial charge in [0.2, 0.25) is 0 Å². The molecule has 0 heterocycles. The fourth-order valence-electron chi connectivity index (χ4n) is 1.83. The van der Waals surface area contributed by atoms with Crippen molar-refractivity contribution in [2.24, 2.45) is 0 Å². The van der Waals surface area contributed by atoms with Crippen LogP contribution < -0.4 is 4.74 Å². The summed E-state index contributed by atoms with van der Waals surface area (Å²) in [5.41, 5.74) is 3.72. The molecule has 0 N–H and O–H groups in total. The molecule has 0 bridgehead atoms. The van der Waals surface area contributed by atoms with Gasteiger partial charge in [0.25, 0.3) is 0 Å². The normalized spacial score (nSPS) is 10.0. The van der Waals surface area contributed by atoms with E-state index in [2.05, 4.69) is 0 Å². The molecule has 0 fully saturated rings. The molecule has 86 valence electrons. The van der Waals surface area contributed by atoms with Gasteiger partial charge in [0, 0.05) is 0 Å². The number of hydrogen-bond donors (Lipinski definition) is 0. The molecule has 2 aromatic carbocycles. The Morgan fingerprint density at radius 3 is 2.35 bits per heavy atom. The Morgan fingerprint density at radius 1 is 1.06 bits per heavy atom. The highest BCUT2D eigenvalue weighted by molar-refractivity contribution is 5.91. The second kappa shape index (κ2) is 4.83. The van der Waals surface area contributed by atoms with E-state index in [-0.39, 0.29) is 0 Å². The molecule has 0 aliphatic rings. The van der Waals surface area contributed by atoms with Crippen molar-refractivity contribution in [1.82, 2.24) is 0 Å². The highest BCUT2D eigenvalue weighted by atomic mass is 16.5. The number of carbonyl (C=O) groups excluding carboxylic acids is 1. The quantitative estimate of drug-likeness (QED) is 0.749. The van der Waals surface area contributed by atoms with Gasteiger partial charge >= 0.3 is 0 Å².